The second kappa shape index (κ2) is 10.3. The van der Waals surface area contributed by atoms with Crippen LogP contribution in [0, 0.1) is 6.92 Å². The van der Waals surface area contributed by atoms with E-state index < -0.39 is 0 Å². The van der Waals surface area contributed by atoms with Crippen molar-refractivity contribution in [2.75, 3.05) is 45.4 Å². The summed E-state index contributed by atoms with van der Waals surface area (Å²) in [5.74, 6) is 1.85. The van der Waals surface area contributed by atoms with Gasteiger partial charge in [-0.05, 0) is 44.2 Å². The molecule has 1 aromatic heterocycles. The van der Waals surface area contributed by atoms with Crippen molar-refractivity contribution in [3.05, 3.63) is 53.6 Å². The van der Waals surface area contributed by atoms with Gasteiger partial charge in [0.15, 0.2) is 22.4 Å². The van der Waals surface area contributed by atoms with E-state index in [9.17, 15) is 4.79 Å². The molecule has 0 spiro atoms. The predicted molar refractivity (Wildman–Crippen MR) is 128 cm³/mol. The lowest BCUT2D eigenvalue weighted by Gasteiger charge is -2.28. The average Bonchev–Trinajstić information content (AvgIpc) is 3.27. The van der Waals surface area contributed by atoms with E-state index in [0.29, 0.717) is 35.4 Å². The molecule has 0 bridgehead atoms. The maximum atomic E-state index is 13.2. The molecule has 4 rings (SSSR count). The molecule has 1 aliphatic rings. The van der Waals surface area contributed by atoms with E-state index >= 15 is 0 Å². The Labute approximate surface area is 197 Å². The van der Waals surface area contributed by atoms with Crippen LogP contribution in [0.3, 0.4) is 0 Å². The maximum absolute atomic E-state index is 13.2. The number of carbonyl (C=O) groups is 1. The molecule has 174 valence electrons. The van der Waals surface area contributed by atoms with Gasteiger partial charge in [0.25, 0.3) is 0 Å². The van der Waals surface area contributed by atoms with E-state index in [1.807, 2.05) is 23.6 Å². The van der Waals surface area contributed by atoms with E-state index in [1.54, 1.807) is 32.4 Å². The van der Waals surface area contributed by atoms with Gasteiger partial charge in [0.2, 0.25) is 5.95 Å². The number of ether oxygens (including phenoxy) is 3. The molecular weight excluding hydrogens is 440 g/mol. The quantitative estimate of drug-likeness (QED) is 0.365. The highest BCUT2D eigenvalue weighted by molar-refractivity contribution is 8.00. The zero-order valence-electron chi connectivity index (χ0n) is 19.3. The molecule has 2 heterocycles. The van der Waals surface area contributed by atoms with Gasteiger partial charge in [-0.25, -0.2) is 0 Å². The van der Waals surface area contributed by atoms with Crippen molar-refractivity contribution >= 4 is 23.5 Å². The van der Waals surface area contributed by atoms with Crippen LogP contribution in [0.25, 0.3) is 5.69 Å². The molecule has 33 heavy (non-hydrogen) atoms. The Bertz CT molecular complexity index is 1110. The molecular formula is C24H28N4O4S. The van der Waals surface area contributed by atoms with Gasteiger partial charge in [-0.1, -0.05) is 29.5 Å². The van der Waals surface area contributed by atoms with Crippen LogP contribution in [0.1, 0.15) is 22.8 Å². The van der Waals surface area contributed by atoms with Crippen LogP contribution in [0.5, 0.6) is 11.5 Å². The molecule has 1 unspecified atom stereocenters. The summed E-state index contributed by atoms with van der Waals surface area (Å²) in [7, 11) is 3.13. The summed E-state index contributed by atoms with van der Waals surface area (Å²) < 4.78 is 18.2. The molecule has 1 atom stereocenters. The Balaban J connectivity index is 1.64. The number of methoxy groups -OCH3 is 2. The molecule has 0 aliphatic carbocycles. The second-order valence-electron chi connectivity index (χ2n) is 7.75. The van der Waals surface area contributed by atoms with E-state index in [1.165, 1.54) is 17.3 Å². The SMILES string of the molecule is COc1ccc(C(=O)C(C)Sc2nnc(N3CCOCC3)n2-c2ccc(C)cc2)cc1OC. The van der Waals surface area contributed by atoms with Crippen molar-refractivity contribution in [2.45, 2.75) is 24.3 Å². The summed E-state index contributed by atoms with van der Waals surface area (Å²) >= 11 is 1.39. The fourth-order valence-electron chi connectivity index (χ4n) is 3.66. The number of anilines is 1. The summed E-state index contributed by atoms with van der Waals surface area (Å²) in [4.78, 5) is 15.4. The molecule has 1 aliphatic heterocycles. The number of ketones is 1. The highest BCUT2D eigenvalue weighted by Gasteiger charge is 2.26. The largest absolute Gasteiger partial charge is 0.493 e. The summed E-state index contributed by atoms with van der Waals surface area (Å²) in [5.41, 5.74) is 2.69. The predicted octanol–water partition coefficient (Wildman–Crippen LogP) is 3.79. The number of hydrogen-bond donors (Lipinski definition) is 0. The number of aromatic nitrogens is 3. The van der Waals surface area contributed by atoms with Gasteiger partial charge >= 0.3 is 0 Å². The number of hydrogen-bond acceptors (Lipinski definition) is 8. The van der Waals surface area contributed by atoms with Gasteiger partial charge in [0.05, 0.1) is 38.4 Å². The van der Waals surface area contributed by atoms with Crippen LogP contribution in [-0.2, 0) is 4.74 Å². The summed E-state index contributed by atoms with van der Waals surface area (Å²) in [5, 5.41) is 9.24. The first-order valence-electron chi connectivity index (χ1n) is 10.8. The minimum Gasteiger partial charge on any atom is -0.493 e. The smallest absolute Gasteiger partial charge is 0.232 e. The van der Waals surface area contributed by atoms with Crippen molar-refractivity contribution < 1.29 is 19.0 Å². The van der Waals surface area contributed by atoms with Crippen molar-refractivity contribution in [1.29, 1.82) is 0 Å². The second-order valence-corrected chi connectivity index (χ2v) is 9.06. The van der Waals surface area contributed by atoms with E-state index in [-0.39, 0.29) is 11.0 Å². The highest BCUT2D eigenvalue weighted by Crippen LogP contribution is 2.33. The number of benzene rings is 2. The fraction of sp³-hybridized carbons (Fsp3) is 0.375. The number of nitrogens with zero attached hydrogens (tertiary/aromatic N) is 4. The van der Waals surface area contributed by atoms with Gasteiger partial charge in [0, 0.05) is 18.7 Å². The molecule has 0 N–H and O–H groups in total. The Morgan fingerprint density at radius 3 is 2.39 bits per heavy atom. The van der Waals surface area contributed by atoms with Crippen molar-refractivity contribution in [2.24, 2.45) is 0 Å². The van der Waals surface area contributed by atoms with E-state index in [4.69, 9.17) is 14.2 Å². The van der Waals surface area contributed by atoms with Gasteiger partial charge in [-0.3, -0.25) is 9.36 Å². The zero-order chi connectivity index (χ0) is 23.4. The Morgan fingerprint density at radius 1 is 1.03 bits per heavy atom. The molecule has 0 amide bonds. The fourth-order valence-corrected chi connectivity index (χ4v) is 4.60. The van der Waals surface area contributed by atoms with Crippen LogP contribution in [0.4, 0.5) is 5.95 Å². The molecule has 8 nitrogen and oxygen atoms in total. The maximum Gasteiger partial charge on any atom is 0.232 e. The summed E-state index contributed by atoms with van der Waals surface area (Å²) in [6.45, 7) is 6.73. The first-order chi connectivity index (χ1) is 16.0. The Hall–Kier alpha value is -3.04. The number of Topliss-reactive ketones (excluding diaryl/α,β-unsaturated/α-hetero) is 1. The Morgan fingerprint density at radius 2 is 1.73 bits per heavy atom. The zero-order valence-corrected chi connectivity index (χ0v) is 20.1. The summed E-state index contributed by atoms with van der Waals surface area (Å²) in [6.07, 6.45) is 0. The minimum absolute atomic E-state index is 0.0210. The van der Waals surface area contributed by atoms with Crippen LogP contribution < -0.4 is 14.4 Å². The number of carbonyl (C=O) groups excluding carboxylic acids is 1. The molecule has 9 heteroatoms. The molecule has 0 saturated carbocycles. The number of aryl methyl sites for hydroxylation is 1. The third-order valence-corrected chi connectivity index (χ3v) is 6.56. The lowest BCUT2D eigenvalue weighted by atomic mass is 10.1. The topological polar surface area (TPSA) is 78.7 Å². The monoisotopic (exact) mass is 468 g/mol. The van der Waals surface area contributed by atoms with Crippen LogP contribution >= 0.6 is 11.8 Å². The van der Waals surface area contributed by atoms with E-state index in [2.05, 4.69) is 34.2 Å². The van der Waals surface area contributed by atoms with Gasteiger partial charge < -0.3 is 19.1 Å². The summed E-state index contributed by atoms with van der Waals surface area (Å²) in [6, 6.07) is 13.4. The number of morpholine rings is 1. The average molecular weight is 469 g/mol. The third-order valence-electron chi connectivity index (χ3n) is 5.52. The molecule has 2 aromatic carbocycles. The number of rotatable bonds is 8. The van der Waals surface area contributed by atoms with Crippen LogP contribution in [0.2, 0.25) is 0 Å². The van der Waals surface area contributed by atoms with Crippen molar-refractivity contribution in [1.82, 2.24) is 14.8 Å². The van der Waals surface area contributed by atoms with Crippen LogP contribution in [-0.4, -0.2) is 66.3 Å². The van der Waals surface area contributed by atoms with Crippen LogP contribution in [0.15, 0.2) is 47.6 Å². The Kier molecular flexibility index (Phi) is 7.20. The van der Waals surface area contributed by atoms with Crippen molar-refractivity contribution in [3.63, 3.8) is 0 Å². The molecule has 1 saturated heterocycles. The van der Waals surface area contributed by atoms with Gasteiger partial charge in [-0.15, -0.1) is 10.2 Å². The first kappa shape index (κ1) is 23.1. The van der Waals surface area contributed by atoms with Gasteiger partial charge in [0.1, 0.15) is 0 Å². The molecule has 3 aromatic rings. The molecule has 1 fully saturated rings. The standard InChI is InChI=1S/C24H28N4O4S/c1-16-5-8-19(9-6-16)28-23(27-11-13-32-14-12-27)25-26-24(28)33-17(2)22(29)18-7-10-20(30-3)21(15-18)31-4/h5-10,15,17H,11-14H2,1-4H3. The first-order valence-corrected chi connectivity index (χ1v) is 11.7. The molecule has 0 radical (unpaired) electrons. The lowest BCUT2D eigenvalue weighted by molar-refractivity contribution is 0.0993. The normalized spacial score (nSPS) is 14.7. The minimum atomic E-state index is -0.381. The number of thioether (sulfide) groups is 1. The highest BCUT2D eigenvalue weighted by atomic mass is 32.2. The van der Waals surface area contributed by atoms with Crippen molar-refractivity contribution in [3.8, 4) is 17.2 Å². The third kappa shape index (κ3) is 4.99. The lowest BCUT2D eigenvalue weighted by Crippen LogP contribution is -2.37. The van der Waals surface area contributed by atoms with E-state index in [0.717, 1.165) is 24.7 Å². The van der Waals surface area contributed by atoms with Gasteiger partial charge in [-0.2, -0.15) is 0 Å².